The number of fused-ring (bicyclic) bond motifs is 2. The molecular weight excluding hydrogens is 386 g/mol. The van der Waals surface area contributed by atoms with E-state index < -0.39 is 11.9 Å². The lowest BCUT2D eigenvalue weighted by Crippen LogP contribution is -2.21. The molecule has 0 saturated heterocycles. The fourth-order valence-electron chi connectivity index (χ4n) is 3.05. The van der Waals surface area contributed by atoms with E-state index in [1.54, 1.807) is 13.0 Å². The van der Waals surface area contributed by atoms with E-state index >= 15 is 0 Å². The van der Waals surface area contributed by atoms with Crippen LogP contribution in [-0.2, 0) is 9.53 Å². The van der Waals surface area contributed by atoms with Crippen LogP contribution in [0.4, 0.5) is 5.13 Å². The van der Waals surface area contributed by atoms with Gasteiger partial charge in [0.05, 0.1) is 27.0 Å². The standard InChI is InChI=1S/C22H19N3O3S/c1-12-4-6-17-15(8-12)10-16(14(3)23-17)21(27)28-11-20(26)25-22-24-18-7-5-13(2)9-19(18)29-22/h4-10H,11H2,1-3H3,(H,24,25,26). The van der Waals surface area contributed by atoms with Crippen molar-refractivity contribution in [2.45, 2.75) is 20.8 Å². The second-order valence-corrected chi connectivity index (χ2v) is 7.96. The number of nitrogens with zero attached hydrogens (tertiary/aromatic N) is 2. The molecule has 0 aliphatic carbocycles. The van der Waals surface area contributed by atoms with Gasteiger partial charge in [-0.1, -0.05) is 29.0 Å². The molecule has 0 fully saturated rings. The molecule has 2 aromatic carbocycles. The lowest BCUT2D eigenvalue weighted by Gasteiger charge is -2.08. The first kappa shape index (κ1) is 19.0. The molecule has 6 nitrogen and oxygen atoms in total. The molecule has 4 aromatic rings. The number of rotatable bonds is 4. The molecule has 1 N–H and O–H groups in total. The van der Waals surface area contributed by atoms with Gasteiger partial charge >= 0.3 is 5.97 Å². The van der Waals surface area contributed by atoms with Crippen molar-refractivity contribution in [1.82, 2.24) is 9.97 Å². The topological polar surface area (TPSA) is 81.2 Å². The third kappa shape index (κ3) is 4.09. The molecule has 2 heterocycles. The summed E-state index contributed by atoms with van der Waals surface area (Å²) in [5.41, 5.74) is 4.75. The lowest BCUT2D eigenvalue weighted by molar-refractivity contribution is -0.119. The summed E-state index contributed by atoms with van der Waals surface area (Å²) in [6.45, 7) is 5.34. The lowest BCUT2D eigenvalue weighted by atomic mass is 10.1. The van der Waals surface area contributed by atoms with Crippen molar-refractivity contribution in [3.8, 4) is 0 Å². The maximum absolute atomic E-state index is 12.5. The molecule has 4 rings (SSSR count). The second kappa shape index (κ2) is 7.60. The zero-order chi connectivity index (χ0) is 20.5. The summed E-state index contributed by atoms with van der Waals surface area (Å²) in [6, 6.07) is 13.5. The van der Waals surface area contributed by atoms with E-state index in [0.717, 1.165) is 32.2 Å². The van der Waals surface area contributed by atoms with Gasteiger partial charge in [-0.15, -0.1) is 0 Å². The first-order chi connectivity index (χ1) is 13.9. The summed E-state index contributed by atoms with van der Waals surface area (Å²) in [4.78, 5) is 33.5. The number of aryl methyl sites for hydroxylation is 3. The number of esters is 1. The molecule has 7 heteroatoms. The maximum Gasteiger partial charge on any atom is 0.340 e. The predicted octanol–water partition coefficient (Wildman–Crippen LogP) is 4.57. The summed E-state index contributed by atoms with van der Waals surface area (Å²) in [5.74, 6) is -1.01. The Morgan fingerprint density at radius 2 is 1.69 bits per heavy atom. The van der Waals surface area contributed by atoms with Gasteiger partial charge in [-0.05, 0) is 56.7 Å². The second-order valence-electron chi connectivity index (χ2n) is 6.93. The zero-order valence-corrected chi connectivity index (χ0v) is 17.1. The number of benzene rings is 2. The number of hydrogen-bond donors (Lipinski definition) is 1. The molecule has 1 amide bonds. The first-order valence-electron chi connectivity index (χ1n) is 9.11. The average Bonchev–Trinajstić information content (AvgIpc) is 3.07. The van der Waals surface area contributed by atoms with Crippen LogP contribution in [0.2, 0.25) is 0 Å². The number of amides is 1. The number of carbonyl (C=O) groups excluding carboxylic acids is 2. The molecular formula is C22H19N3O3S. The van der Waals surface area contributed by atoms with Crippen molar-refractivity contribution in [1.29, 1.82) is 0 Å². The Labute approximate surface area is 171 Å². The van der Waals surface area contributed by atoms with E-state index in [2.05, 4.69) is 15.3 Å². The van der Waals surface area contributed by atoms with E-state index in [1.165, 1.54) is 11.3 Å². The Hall–Kier alpha value is -3.32. The molecule has 0 spiro atoms. The highest BCUT2D eigenvalue weighted by Crippen LogP contribution is 2.26. The SMILES string of the molecule is Cc1ccc2nc(C)c(C(=O)OCC(=O)Nc3nc4ccc(C)cc4s3)cc2c1. The molecule has 0 aliphatic rings. The molecule has 0 unspecified atom stereocenters. The smallest absolute Gasteiger partial charge is 0.340 e. The largest absolute Gasteiger partial charge is 0.452 e. The highest BCUT2D eigenvalue weighted by molar-refractivity contribution is 7.22. The summed E-state index contributed by atoms with van der Waals surface area (Å²) in [6.07, 6.45) is 0. The highest BCUT2D eigenvalue weighted by atomic mass is 32.1. The Balaban J connectivity index is 1.44. The van der Waals surface area contributed by atoms with Crippen LogP contribution in [0.1, 0.15) is 27.2 Å². The monoisotopic (exact) mass is 405 g/mol. The quantitative estimate of drug-likeness (QED) is 0.503. The van der Waals surface area contributed by atoms with Crippen LogP contribution >= 0.6 is 11.3 Å². The summed E-state index contributed by atoms with van der Waals surface area (Å²) < 4.78 is 6.19. The van der Waals surface area contributed by atoms with Gasteiger partial charge in [0, 0.05) is 5.39 Å². The Kier molecular flexibility index (Phi) is 4.98. The molecule has 146 valence electrons. The molecule has 0 bridgehead atoms. The predicted molar refractivity (Wildman–Crippen MR) is 114 cm³/mol. The van der Waals surface area contributed by atoms with Crippen LogP contribution < -0.4 is 5.32 Å². The van der Waals surface area contributed by atoms with Gasteiger partial charge in [0.15, 0.2) is 11.7 Å². The van der Waals surface area contributed by atoms with E-state index in [-0.39, 0.29) is 6.61 Å². The fourth-order valence-corrected chi connectivity index (χ4v) is 4.03. The number of hydrogen-bond acceptors (Lipinski definition) is 6. The number of thiazole rings is 1. The fraction of sp³-hybridized carbons (Fsp3) is 0.182. The van der Waals surface area contributed by atoms with E-state index in [0.29, 0.717) is 16.4 Å². The zero-order valence-electron chi connectivity index (χ0n) is 16.3. The number of aromatic nitrogens is 2. The van der Waals surface area contributed by atoms with Crippen LogP contribution in [0.25, 0.3) is 21.1 Å². The summed E-state index contributed by atoms with van der Waals surface area (Å²) in [7, 11) is 0. The van der Waals surface area contributed by atoms with Crippen molar-refractivity contribution >= 4 is 49.5 Å². The van der Waals surface area contributed by atoms with Gasteiger partial charge in [-0.25, -0.2) is 9.78 Å². The molecule has 0 saturated carbocycles. The molecule has 0 atom stereocenters. The van der Waals surface area contributed by atoms with Gasteiger partial charge in [-0.2, -0.15) is 0 Å². The van der Waals surface area contributed by atoms with Gasteiger partial charge in [0.2, 0.25) is 0 Å². The normalized spacial score (nSPS) is 11.0. The van der Waals surface area contributed by atoms with Crippen molar-refractivity contribution in [3.63, 3.8) is 0 Å². The minimum Gasteiger partial charge on any atom is -0.452 e. The Bertz CT molecular complexity index is 1260. The minimum absolute atomic E-state index is 0.353. The third-order valence-electron chi connectivity index (χ3n) is 4.51. The number of anilines is 1. The van der Waals surface area contributed by atoms with Crippen LogP contribution in [0.15, 0.2) is 42.5 Å². The molecule has 0 radical (unpaired) electrons. The summed E-state index contributed by atoms with van der Waals surface area (Å²) >= 11 is 1.38. The maximum atomic E-state index is 12.5. The molecule has 2 aromatic heterocycles. The van der Waals surface area contributed by atoms with Gasteiger partial charge in [-0.3, -0.25) is 15.1 Å². The molecule has 29 heavy (non-hydrogen) atoms. The third-order valence-corrected chi connectivity index (χ3v) is 5.44. The Morgan fingerprint density at radius 1 is 0.966 bits per heavy atom. The minimum atomic E-state index is -0.575. The van der Waals surface area contributed by atoms with Crippen molar-refractivity contribution in [3.05, 3.63) is 64.8 Å². The van der Waals surface area contributed by atoms with Crippen LogP contribution in [0, 0.1) is 20.8 Å². The number of ether oxygens (including phenoxy) is 1. The Morgan fingerprint density at radius 3 is 2.48 bits per heavy atom. The van der Waals surface area contributed by atoms with Gasteiger partial charge in [0.1, 0.15) is 0 Å². The van der Waals surface area contributed by atoms with Crippen molar-refractivity contribution < 1.29 is 14.3 Å². The van der Waals surface area contributed by atoms with Gasteiger partial charge in [0.25, 0.3) is 5.91 Å². The average molecular weight is 405 g/mol. The van der Waals surface area contributed by atoms with Crippen molar-refractivity contribution in [2.75, 3.05) is 11.9 Å². The van der Waals surface area contributed by atoms with Crippen molar-refractivity contribution in [2.24, 2.45) is 0 Å². The number of nitrogens with one attached hydrogen (secondary N) is 1. The van der Waals surface area contributed by atoms with Crippen LogP contribution in [-0.4, -0.2) is 28.5 Å². The van der Waals surface area contributed by atoms with Crippen LogP contribution in [0.5, 0.6) is 0 Å². The van der Waals surface area contributed by atoms with Crippen LogP contribution in [0.3, 0.4) is 0 Å². The summed E-state index contributed by atoms with van der Waals surface area (Å²) in [5, 5.41) is 4.02. The van der Waals surface area contributed by atoms with E-state index in [1.807, 2.05) is 50.2 Å². The highest BCUT2D eigenvalue weighted by Gasteiger charge is 2.16. The van der Waals surface area contributed by atoms with E-state index in [9.17, 15) is 9.59 Å². The number of pyridine rings is 1. The first-order valence-corrected chi connectivity index (χ1v) is 9.93. The molecule has 0 aliphatic heterocycles. The number of carbonyl (C=O) groups is 2. The van der Waals surface area contributed by atoms with Gasteiger partial charge < -0.3 is 4.74 Å². The van der Waals surface area contributed by atoms with E-state index in [4.69, 9.17) is 4.74 Å².